The van der Waals surface area contributed by atoms with Gasteiger partial charge in [0.05, 0.1) is 19.3 Å². The van der Waals surface area contributed by atoms with Gasteiger partial charge in [-0.3, -0.25) is 9.63 Å². The van der Waals surface area contributed by atoms with E-state index in [4.69, 9.17) is 9.94 Å². The standard InChI is InChI=1S/C7H14N2O3/c1-9(12-2)7(11)6-3-5(10)4-8-6/h5-6,8,10H,3-4H2,1-2H3/t5-,6-/m1/s1. The molecular formula is C7H14N2O3. The zero-order valence-corrected chi connectivity index (χ0v) is 7.28. The SMILES string of the molecule is CON(C)C(=O)[C@H]1C[C@@H](O)CN1. The predicted molar refractivity (Wildman–Crippen MR) is 42.2 cm³/mol. The second-order valence-corrected chi connectivity index (χ2v) is 2.87. The largest absolute Gasteiger partial charge is 0.392 e. The van der Waals surface area contributed by atoms with E-state index in [0.717, 1.165) is 5.06 Å². The van der Waals surface area contributed by atoms with Crippen LogP contribution in [0.25, 0.3) is 0 Å². The Kier molecular flexibility index (Phi) is 3.02. The lowest BCUT2D eigenvalue weighted by Crippen LogP contribution is -2.40. The molecule has 12 heavy (non-hydrogen) atoms. The van der Waals surface area contributed by atoms with Crippen molar-refractivity contribution in [2.45, 2.75) is 18.6 Å². The number of carbonyl (C=O) groups is 1. The number of β-amino-alcohol motifs (C(OH)–C–C–N with tert-alkyl or cyclic N) is 1. The van der Waals surface area contributed by atoms with Gasteiger partial charge < -0.3 is 10.4 Å². The first kappa shape index (κ1) is 9.44. The lowest BCUT2D eigenvalue weighted by atomic mass is 10.2. The van der Waals surface area contributed by atoms with Gasteiger partial charge in [0, 0.05) is 13.6 Å². The Bertz CT molecular complexity index is 174. The van der Waals surface area contributed by atoms with Crippen LogP contribution >= 0.6 is 0 Å². The predicted octanol–water partition coefficient (Wildman–Crippen LogP) is -1.27. The summed E-state index contributed by atoms with van der Waals surface area (Å²) in [5.74, 6) is -0.144. The average molecular weight is 174 g/mol. The number of hydroxylamine groups is 2. The van der Waals surface area contributed by atoms with Crippen LogP contribution < -0.4 is 5.32 Å². The van der Waals surface area contributed by atoms with Gasteiger partial charge in [-0.25, -0.2) is 5.06 Å². The number of amides is 1. The first-order valence-corrected chi connectivity index (χ1v) is 3.88. The summed E-state index contributed by atoms with van der Waals surface area (Å²) in [6.07, 6.45) is 0.0520. The number of hydrogen-bond donors (Lipinski definition) is 2. The zero-order valence-electron chi connectivity index (χ0n) is 7.28. The van der Waals surface area contributed by atoms with Gasteiger partial charge in [0.1, 0.15) is 0 Å². The molecule has 1 aliphatic heterocycles. The van der Waals surface area contributed by atoms with Crippen LogP contribution in [0.15, 0.2) is 0 Å². The van der Waals surface area contributed by atoms with Crippen molar-refractivity contribution in [3.8, 4) is 0 Å². The number of hydrogen-bond acceptors (Lipinski definition) is 4. The van der Waals surface area contributed by atoms with Gasteiger partial charge in [0.25, 0.3) is 5.91 Å². The van der Waals surface area contributed by atoms with Crippen LogP contribution in [0.4, 0.5) is 0 Å². The molecule has 0 unspecified atom stereocenters. The molecule has 1 saturated heterocycles. The summed E-state index contributed by atoms with van der Waals surface area (Å²) in [6, 6.07) is -0.301. The number of aliphatic hydroxyl groups is 1. The summed E-state index contributed by atoms with van der Waals surface area (Å²) in [5.41, 5.74) is 0. The summed E-state index contributed by atoms with van der Waals surface area (Å²) >= 11 is 0. The molecule has 0 aliphatic carbocycles. The Morgan fingerprint density at radius 1 is 1.75 bits per heavy atom. The third kappa shape index (κ3) is 1.94. The van der Waals surface area contributed by atoms with E-state index in [1.807, 2.05) is 0 Å². The lowest BCUT2D eigenvalue weighted by Gasteiger charge is -2.17. The van der Waals surface area contributed by atoms with Crippen molar-refractivity contribution < 1.29 is 14.7 Å². The Hall–Kier alpha value is -0.650. The Balaban J connectivity index is 2.43. The normalized spacial score (nSPS) is 28.9. The lowest BCUT2D eigenvalue weighted by molar-refractivity contribution is -0.170. The minimum absolute atomic E-state index is 0.144. The van der Waals surface area contributed by atoms with E-state index in [9.17, 15) is 4.79 Å². The molecule has 1 fully saturated rings. The highest BCUT2D eigenvalue weighted by atomic mass is 16.7. The highest BCUT2D eigenvalue weighted by molar-refractivity contribution is 5.81. The number of aliphatic hydroxyl groups excluding tert-OH is 1. The third-order valence-corrected chi connectivity index (χ3v) is 1.99. The molecule has 0 aromatic rings. The van der Waals surface area contributed by atoms with Gasteiger partial charge in [-0.1, -0.05) is 0 Å². The van der Waals surface area contributed by atoms with E-state index in [1.54, 1.807) is 7.05 Å². The monoisotopic (exact) mass is 174 g/mol. The summed E-state index contributed by atoms with van der Waals surface area (Å²) in [5, 5.41) is 13.2. The van der Waals surface area contributed by atoms with Crippen LogP contribution in [0.2, 0.25) is 0 Å². The van der Waals surface area contributed by atoms with Crippen LogP contribution in [-0.2, 0) is 9.63 Å². The molecule has 5 nitrogen and oxygen atoms in total. The Labute approximate surface area is 71.3 Å². The van der Waals surface area contributed by atoms with Crippen molar-refractivity contribution in [3.63, 3.8) is 0 Å². The summed E-state index contributed by atoms with van der Waals surface area (Å²) < 4.78 is 0. The smallest absolute Gasteiger partial charge is 0.263 e. The maximum atomic E-state index is 11.3. The van der Waals surface area contributed by atoms with Crippen LogP contribution in [-0.4, -0.2) is 48.9 Å². The van der Waals surface area contributed by atoms with Gasteiger partial charge in [-0.15, -0.1) is 0 Å². The number of rotatable bonds is 2. The molecule has 1 rings (SSSR count). The molecular weight excluding hydrogens is 160 g/mol. The molecule has 1 aliphatic rings. The van der Waals surface area contributed by atoms with Gasteiger partial charge in [0.15, 0.2) is 0 Å². The number of carbonyl (C=O) groups excluding carboxylic acids is 1. The topological polar surface area (TPSA) is 61.8 Å². The van der Waals surface area contributed by atoms with Crippen molar-refractivity contribution in [1.29, 1.82) is 0 Å². The molecule has 1 heterocycles. The van der Waals surface area contributed by atoms with Gasteiger partial charge in [-0.05, 0) is 6.42 Å². The third-order valence-electron chi connectivity index (χ3n) is 1.99. The van der Waals surface area contributed by atoms with Crippen LogP contribution in [0.3, 0.4) is 0 Å². The Morgan fingerprint density at radius 2 is 2.42 bits per heavy atom. The average Bonchev–Trinajstić information content (AvgIpc) is 2.49. The second kappa shape index (κ2) is 3.84. The molecule has 2 atom stereocenters. The second-order valence-electron chi connectivity index (χ2n) is 2.87. The Morgan fingerprint density at radius 3 is 2.83 bits per heavy atom. The van der Waals surface area contributed by atoms with Crippen LogP contribution in [0.5, 0.6) is 0 Å². The minimum atomic E-state index is -0.413. The maximum Gasteiger partial charge on any atom is 0.263 e. The highest BCUT2D eigenvalue weighted by Crippen LogP contribution is 2.08. The highest BCUT2D eigenvalue weighted by Gasteiger charge is 2.30. The van der Waals surface area contributed by atoms with Crippen molar-refractivity contribution in [2.75, 3.05) is 20.7 Å². The van der Waals surface area contributed by atoms with E-state index >= 15 is 0 Å². The fraction of sp³-hybridized carbons (Fsp3) is 0.857. The van der Waals surface area contributed by atoms with Gasteiger partial charge >= 0.3 is 0 Å². The van der Waals surface area contributed by atoms with Crippen molar-refractivity contribution in [2.24, 2.45) is 0 Å². The molecule has 2 N–H and O–H groups in total. The molecule has 0 spiro atoms. The number of nitrogens with one attached hydrogen (secondary N) is 1. The van der Waals surface area contributed by atoms with E-state index in [1.165, 1.54) is 7.11 Å². The van der Waals surface area contributed by atoms with Crippen molar-refractivity contribution >= 4 is 5.91 Å². The first-order chi connectivity index (χ1) is 5.65. The van der Waals surface area contributed by atoms with E-state index < -0.39 is 6.10 Å². The van der Waals surface area contributed by atoms with E-state index in [2.05, 4.69) is 5.32 Å². The minimum Gasteiger partial charge on any atom is -0.392 e. The van der Waals surface area contributed by atoms with Gasteiger partial charge in [0.2, 0.25) is 0 Å². The van der Waals surface area contributed by atoms with E-state index in [-0.39, 0.29) is 11.9 Å². The molecule has 0 radical (unpaired) electrons. The first-order valence-electron chi connectivity index (χ1n) is 3.88. The van der Waals surface area contributed by atoms with Crippen molar-refractivity contribution in [1.82, 2.24) is 10.4 Å². The summed E-state index contributed by atoms with van der Waals surface area (Å²) in [6.45, 7) is 0.480. The maximum absolute atomic E-state index is 11.3. The van der Waals surface area contributed by atoms with Crippen molar-refractivity contribution in [3.05, 3.63) is 0 Å². The summed E-state index contributed by atoms with van der Waals surface area (Å²) in [4.78, 5) is 16.1. The zero-order chi connectivity index (χ0) is 9.14. The number of nitrogens with zero attached hydrogens (tertiary/aromatic N) is 1. The van der Waals surface area contributed by atoms with Crippen LogP contribution in [0, 0.1) is 0 Å². The fourth-order valence-electron chi connectivity index (χ4n) is 1.21. The molecule has 0 bridgehead atoms. The molecule has 0 aromatic carbocycles. The molecule has 1 amide bonds. The molecule has 70 valence electrons. The quantitative estimate of drug-likeness (QED) is 0.512. The molecule has 0 saturated carbocycles. The van der Waals surface area contributed by atoms with Gasteiger partial charge in [-0.2, -0.15) is 0 Å². The van der Waals surface area contributed by atoms with Crippen LogP contribution in [0.1, 0.15) is 6.42 Å². The molecule has 0 aromatic heterocycles. The van der Waals surface area contributed by atoms with E-state index in [0.29, 0.717) is 13.0 Å². The fourth-order valence-corrected chi connectivity index (χ4v) is 1.21. The summed E-state index contributed by atoms with van der Waals surface area (Å²) in [7, 11) is 2.98. The number of likely N-dealkylation sites (N-methyl/N-ethyl adjacent to an activating group) is 1. The molecule has 5 heteroatoms.